The highest BCUT2D eigenvalue weighted by Crippen LogP contribution is 2.45. The summed E-state index contributed by atoms with van der Waals surface area (Å²) >= 11 is 0. The van der Waals surface area contributed by atoms with Crippen molar-refractivity contribution < 1.29 is 45.4 Å². The van der Waals surface area contributed by atoms with Crippen LogP contribution in [0.2, 0.25) is 0 Å². The van der Waals surface area contributed by atoms with Crippen LogP contribution in [0.4, 0.5) is 36.4 Å². The monoisotopic (exact) mass is 468 g/mol. The summed E-state index contributed by atoms with van der Waals surface area (Å²) in [6.45, 7) is -0.434. The van der Waals surface area contributed by atoms with Crippen LogP contribution in [0.5, 0.6) is 0 Å². The number of pyridine rings is 1. The molecule has 174 valence electrons. The van der Waals surface area contributed by atoms with Crippen molar-refractivity contribution in [3.63, 3.8) is 0 Å². The molecule has 1 amide bonds. The third kappa shape index (κ3) is 4.83. The predicted octanol–water partition coefficient (Wildman–Crippen LogP) is 4.40. The van der Waals surface area contributed by atoms with Gasteiger partial charge in [0.2, 0.25) is 5.92 Å². The highest BCUT2D eigenvalue weighted by atomic mass is 19.4. The molecule has 2 aromatic rings. The quantitative estimate of drug-likeness (QED) is 0.613. The van der Waals surface area contributed by atoms with Gasteiger partial charge in [-0.25, -0.2) is 18.6 Å². The van der Waals surface area contributed by atoms with Gasteiger partial charge in [-0.1, -0.05) is 0 Å². The van der Waals surface area contributed by atoms with Crippen LogP contribution in [-0.4, -0.2) is 37.7 Å². The Kier molecular flexibility index (Phi) is 5.68. The molecule has 1 fully saturated rings. The first-order valence-corrected chi connectivity index (χ1v) is 9.03. The zero-order chi connectivity index (χ0) is 24.1. The van der Waals surface area contributed by atoms with E-state index in [2.05, 4.69) is 10.1 Å². The van der Waals surface area contributed by atoms with Gasteiger partial charge in [0.15, 0.2) is 0 Å². The van der Waals surface area contributed by atoms with Gasteiger partial charge >= 0.3 is 12.1 Å². The number of nitrogens with zero attached hydrogens (tertiary/aromatic N) is 3. The molecule has 1 saturated carbocycles. The molecule has 2 heterocycles. The highest BCUT2D eigenvalue weighted by Gasteiger charge is 2.50. The van der Waals surface area contributed by atoms with E-state index in [0.29, 0.717) is 4.68 Å². The first-order chi connectivity index (χ1) is 14.6. The minimum Gasteiger partial charge on any atom is -0.477 e. The molecule has 0 radical (unpaired) electrons. The lowest BCUT2D eigenvalue weighted by molar-refractivity contribution is -0.142. The molecule has 0 unspecified atom stereocenters. The topological polar surface area (TPSA) is 97.1 Å². The van der Waals surface area contributed by atoms with Gasteiger partial charge < -0.3 is 10.4 Å². The summed E-state index contributed by atoms with van der Waals surface area (Å²) in [5.41, 5.74) is -5.60. The van der Waals surface area contributed by atoms with Gasteiger partial charge in [0.25, 0.3) is 11.8 Å². The Hall–Kier alpha value is -3.19. The average Bonchev–Trinajstić information content (AvgIpc) is 3.00. The van der Waals surface area contributed by atoms with E-state index in [0.717, 1.165) is 18.3 Å². The SMILES string of the molecule is CC(F)(F)c1nn(CC2CC(F)(F)C2)c(C(=O)Nc2ccc(C(=O)O)nc2)c1C(F)(F)F. The number of alkyl halides is 7. The lowest BCUT2D eigenvalue weighted by atomic mass is 9.81. The fourth-order valence-electron chi connectivity index (χ4n) is 3.34. The standard InChI is InChI=1S/C18H15F7N4O3/c1-16(19,20)13-11(18(23,24)25)12(29(28-13)7-8-4-17(21,22)5-8)14(30)27-9-2-3-10(15(31)32)26-6-9/h2-3,6,8H,4-5,7H2,1H3,(H,27,30)(H,31,32). The van der Waals surface area contributed by atoms with Crippen LogP contribution in [0.25, 0.3) is 0 Å². The molecule has 0 saturated heterocycles. The number of carbonyl (C=O) groups is 2. The average molecular weight is 468 g/mol. The Bertz CT molecular complexity index is 1030. The summed E-state index contributed by atoms with van der Waals surface area (Å²) in [7, 11) is 0. The maximum Gasteiger partial charge on any atom is 0.420 e. The van der Waals surface area contributed by atoms with Crippen molar-refractivity contribution in [3.8, 4) is 0 Å². The molecular formula is C18H15F7N4O3. The van der Waals surface area contributed by atoms with E-state index in [-0.39, 0.29) is 12.6 Å². The summed E-state index contributed by atoms with van der Waals surface area (Å²) in [6, 6.07) is 1.99. The van der Waals surface area contributed by atoms with Crippen LogP contribution in [0.15, 0.2) is 18.3 Å². The van der Waals surface area contributed by atoms with Crippen LogP contribution < -0.4 is 5.32 Å². The van der Waals surface area contributed by atoms with Crippen molar-refractivity contribution >= 4 is 17.6 Å². The Labute approximate surface area is 175 Å². The van der Waals surface area contributed by atoms with Crippen molar-refractivity contribution in [2.45, 2.75) is 44.3 Å². The van der Waals surface area contributed by atoms with Crippen molar-refractivity contribution in [1.29, 1.82) is 0 Å². The zero-order valence-electron chi connectivity index (χ0n) is 16.2. The molecule has 0 bridgehead atoms. The van der Waals surface area contributed by atoms with Gasteiger partial charge in [-0.05, 0) is 18.1 Å². The summed E-state index contributed by atoms with van der Waals surface area (Å²) in [5.74, 6) is -10.9. The van der Waals surface area contributed by atoms with Crippen LogP contribution in [0, 0.1) is 5.92 Å². The fraction of sp³-hybridized carbons (Fsp3) is 0.444. The van der Waals surface area contributed by atoms with Crippen molar-refractivity contribution in [1.82, 2.24) is 14.8 Å². The van der Waals surface area contributed by atoms with Crippen LogP contribution in [0.1, 0.15) is 52.0 Å². The molecule has 2 N–H and O–H groups in total. The molecule has 1 aliphatic carbocycles. The molecule has 0 spiro atoms. The van der Waals surface area contributed by atoms with Gasteiger partial charge in [0.1, 0.15) is 22.6 Å². The zero-order valence-corrected chi connectivity index (χ0v) is 16.2. The minimum atomic E-state index is -5.41. The lowest BCUT2D eigenvalue weighted by Crippen LogP contribution is -2.38. The molecular weight excluding hydrogens is 453 g/mol. The molecule has 7 nitrogen and oxygen atoms in total. The number of carbonyl (C=O) groups excluding carboxylic acids is 1. The number of anilines is 1. The Morgan fingerprint density at radius 2 is 1.84 bits per heavy atom. The largest absolute Gasteiger partial charge is 0.477 e. The smallest absolute Gasteiger partial charge is 0.420 e. The van der Waals surface area contributed by atoms with E-state index >= 15 is 0 Å². The van der Waals surface area contributed by atoms with Gasteiger partial charge in [-0.3, -0.25) is 9.48 Å². The first-order valence-electron chi connectivity index (χ1n) is 9.03. The summed E-state index contributed by atoms with van der Waals surface area (Å²) in [5, 5.41) is 14.1. The molecule has 14 heteroatoms. The predicted molar refractivity (Wildman–Crippen MR) is 93.6 cm³/mol. The van der Waals surface area contributed by atoms with Crippen LogP contribution >= 0.6 is 0 Å². The highest BCUT2D eigenvalue weighted by molar-refractivity contribution is 6.04. The van der Waals surface area contributed by atoms with Gasteiger partial charge in [-0.15, -0.1) is 0 Å². The molecule has 3 rings (SSSR count). The Morgan fingerprint density at radius 3 is 2.28 bits per heavy atom. The van der Waals surface area contributed by atoms with Crippen molar-refractivity contribution in [3.05, 3.63) is 41.0 Å². The van der Waals surface area contributed by atoms with E-state index in [9.17, 15) is 40.3 Å². The van der Waals surface area contributed by atoms with E-state index in [1.807, 2.05) is 5.32 Å². The molecule has 1 aliphatic rings. The van der Waals surface area contributed by atoms with E-state index in [1.165, 1.54) is 0 Å². The second-order valence-electron chi connectivity index (χ2n) is 7.46. The van der Waals surface area contributed by atoms with Crippen molar-refractivity contribution in [2.75, 3.05) is 5.32 Å². The molecule has 32 heavy (non-hydrogen) atoms. The van der Waals surface area contributed by atoms with Crippen LogP contribution in [-0.2, 0) is 18.6 Å². The van der Waals surface area contributed by atoms with Gasteiger partial charge in [0.05, 0.1) is 11.9 Å². The third-order valence-electron chi connectivity index (χ3n) is 4.71. The maximum atomic E-state index is 13.9. The van der Waals surface area contributed by atoms with Gasteiger partial charge in [-0.2, -0.15) is 27.1 Å². The number of hydrogen-bond acceptors (Lipinski definition) is 4. The number of hydrogen-bond donors (Lipinski definition) is 2. The number of aromatic carboxylic acids is 1. The fourth-order valence-corrected chi connectivity index (χ4v) is 3.34. The second kappa shape index (κ2) is 7.74. The molecule has 0 aliphatic heterocycles. The number of amides is 1. The van der Waals surface area contributed by atoms with E-state index in [1.54, 1.807) is 0 Å². The van der Waals surface area contributed by atoms with Gasteiger partial charge in [0, 0.05) is 26.3 Å². The third-order valence-corrected chi connectivity index (χ3v) is 4.71. The number of aromatic nitrogens is 3. The Morgan fingerprint density at radius 1 is 1.22 bits per heavy atom. The number of nitrogens with one attached hydrogen (secondary N) is 1. The number of halogens is 7. The van der Waals surface area contributed by atoms with Crippen molar-refractivity contribution in [2.24, 2.45) is 5.92 Å². The first kappa shape index (κ1) is 23.5. The maximum absolute atomic E-state index is 13.9. The number of carboxylic acids is 1. The lowest BCUT2D eigenvalue weighted by Gasteiger charge is -2.35. The Balaban J connectivity index is 2.03. The minimum absolute atomic E-state index is 0.169. The summed E-state index contributed by atoms with van der Waals surface area (Å²) < 4.78 is 95.5. The summed E-state index contributed by atoms with van der Waals surface area (Å²) in [4.78, 5) is 27.0. The van der Waals surface area contributed by atoms with E-state index in [4.69, 9.17) is 5.11 Å². The van der Waals surface area contributed by atoms with E-state index < -0.39 is 77.8 Å². The number of rotatable bonds is 6. The van der Waals surface area contributed by atoms with Crippen LogP contribution in [0.3, 0.4) is 0 Å². The normalized spacial score (nSPS) is 16.5. The molecule has 0 aromatic carbocycles. The molecule has 2 aromatic heterocycles. The number of carboxylic acid groups (broad SMARTS) is 1. The molecule has 0 atom stereocenters. The second-order valence-corrected chi connectivity index (χ2v) is 7.46. The summed E-state index contributed by atoms with van der Waals surface area (Å²) in [6.07, 6.45) is -5.94.